The molecule has 1 radical (unpaired) electrons. The topological polar surface area (TPSA) is 3.01 Å². The first-order valence-electron chi connectivity index (χ1n) is 3.18. The molecule has 9 heavy (non-hydrogen) atoms. The van der Waals surface area contributed by atoms with E-state index in [1.165, 1.54) is 18.8 Å². The normalized spacial score (nSPS) is 15.8. The third kappa shape index (κ3) is 0.900. The van der Waals surface area contributed by atoms with Gasteiger partial charge in [-0.2, -0.15) is 0 Å². The van der Waals surface area contributed by atoms with E-state index in [9.17, 15) is 0 Å². The van der Waals surface area contributed by atoms with Crippen LogP contribution in [-0.4, -0.2) is 13.1 Å². The Kier molecular flexibility index (Phi) is 0.950. The lowest BCUT2D eigenvalue weighted by molar-refractivity contribution is 1.39. The maximum Gasteiger partial charge on any atom is 0.0367 e. The van der Waals surface area contributed by atoms with Crippen LogP contribution in [0.2, 0.25) is 0 Å². The molecule has 1 aliphatic rings. The molecule has 1 aromatic rings. The van der Waals surface area contributed by atoms with Crippen molar-refractivity contribution in [1.29, 1.82) is 0 Å². The van der Waals surface area contributed by atoms with Crippen molar-refractivity contribution in [1.82, 2.24) is 0 Å². The number of nitrogens with zero attached hydrogens (tertiary/aromatic N) is 1. The highest BCUT2D eigenvalue weighted by molar-refractivity contribution is 5.50. The minimum atomic E-state index is 1.23. The highest BCUT2D eigenvalue weighted by Gasteiger charge is 2.16. The first-order valence-corrected chi connectivity index (χ1v) is 3.18. The highest BCUT2D eigenvalue weighted by Crippen LogP contribution is 2.18. The molecular formula is C8H8N. The fourth-order valence-electron chi connectivity index (χ4n) is 0.897. The summed E-state index contributed by atoms with van der Waals surface area (Å²) in [5.74, 6) is 0. The van der Waals surface area contributed by atoms with Crippen LogP contribution in [-0.2, 0) is 0 Å². The lowest BCUT2D eigenvalue weighted by Gasteiger charge is -1.97. The molecule has 1 aliphatic heterocycles. The van der Waals surface area contributed by atoms with Gasteiger partial charge in [0.1, 0.15) is 0 Å². The summed E-state index contributed by atoms with van der Waals surface area (Å²) in [5, 5.41) is 0. The Morgan fingerprint density at radius 2 is 1.89 bits per heavy atom. The highest BCUT2D eigenvalue weighted by atomic mass is 15.3. The zero-order valence-electron chi connectivity index (χ0n) is 5.17. The Bertz CT molecular complexity index is 189. The Morgan fingerprint density at radius 3 is 2.44 bits per heavy atom. The van der Waals surface area contributed by atoms with E-state index < -0.39 is 0 Å². The second kappa shape index (κ2) is 1.76. The molecule has 0 aliphatic carbocycles. The van der Waals surface area contributed by atoms with Crippen LogP contribution in [0.15, 0.2) is 24.3 Å². The summed E-state index contributed by atoms with van der Waals surface area (Å²) >= 11 is 0. The van der Waals surface area contributed by atoms with Gasteiger partial charge in [-0.05, 0) is 18.2 Å². The Hall–Kier alpha value is -0.980. The van der Waals surface area contributed by atoms with E-state index in [-0.39, 0.29) is 0 Å². The molecule has 1 fully saturated rings. The lowest BCUT2D eigenvalue weighted by Crippen LogP contribution is -1.87. The molecule has 2 rings (SSSR count). The number of benzene rings is 1. The van der Waals surface area contributed by atoms with Gasteiger partial charge in [0.05, 0.1) is 0 Å². The van der Waals surface area contributed by atoms with Gasteiger partial charge in [-0.3, -0.25) is 0 Å². The van der Waals surface area contributed by atoms with Crippen LogP contribution >= 0.6 is 0 Å². The van der Waals surface area contributed by atoms with Crippen molar-refractivity contribution in [3.05, 3.63) is 30.3 Å². The van der Waals surface area contributed by atoms with Crippen LogP contribution in [0.4, 0.5) is 5.69 Å². The van der Waals surface area contributed by atoms with Gasteiger partial charge in [0.15, 0.2) is 0 Å². The molecule has 1 aromatic carbocycles. The summed E-state index contributed by atoms with van der Waals surface area (Å²) in [6, 6.07) is 11.1. The molecule has 1 heterocycles. The Balaban J connectivity index is 2.29. The minimum Gasteiger partial charge on any atom is -0.368 e. The van der Waals surface area contributed by atoms with Gasteiger partial charge >= 0.3 is 0 Å². The fraction of sp³-hybridized carbons (Fsp3) is 0.250. The molecule has 0 spiro atoms. The molecule has 45 valence electrons. The van der Waals surface area contributed by atoms with E-state index in [2.05, 4.69) is 23.1 Å². The quantitative estimate of drug-likeness (QED) is 0.502. The minimum absolute atomic E-state index is 1.23. The molecule has 0 atom stereocenters. The predicted molar refractivity (Wildman–Crippen MR) is 37.5 cm³/mol. The van der Waals surface area contributed by atoms with Gasteiger partial charge in [-0.25, -0.2) is 0 Å². The van der Waals surface area contributed by atoms with Crippen LogP contribution in [0.25, 0.3) is 0 Å². The van der Waals surface area contributed by atoms with Crippen molar-refractivity contribution in [2.75, 3.05) is 18.0 Å². The van der Waals surface area contributed by atoms with E-state index in [4.69, 9.17) is 0 Å². The number of rotatable bonds is 1. The van der Waals surface area contributed by atoms with E-state index in [1.807, 2.05) is 12.1 Å². The van der Waals surface area contributed by atoms with Crippen LogP contribution in [0, 0.1) is 6.07 Å². The SMILES string of the molecule is [c]1ccc(N2CC2)cc1. The van der Waals surface area contributed by atoms with Gasteiger partial charge in [0.2, 0.25) is 0 Å². The molecule has 0 amide bonds. The van der Waals surface area contributed by atoms with Crippen LogP contribution in [0.3, 0.4) is 0 Å². The molecular weight excluding hydrogens is 110 g/mol. The van der Waals surface area contributed by atoms with Gasteiger partial charge < -0.3 is 4.90 Å². The molecule has 0 saturated carbocycles. The second-order valence-corrected chi connectivity index (χ2v) is 2.25. The van der Waals surface area contributed by atoms with Crippen LogP contribution in [0.5, 0.6) is 0 Å². The van der Waals surface area contributed by atoms with Gasteiger partial charge in [-0.1, -0.05) is 12.1 Å². The zero-order valence-corrected chi connectivity index (χ0v) is 5.17. The largest absolute Gasteiger partial charge is 0.368 e. The zero-order chi connectivity index (χ0) is 6.10. The summed E-state index contributed by atoms with van der Waals surface area (Å²) in [4.78, 5) is 2.31. The van der Waals surface area contributed by atoms with Gasteiger partial charge in [-0.15, -0.1) is 0 Å². The van der Waals surface area contributed by atoms with Crippen LogP contribution in [0.1, 0.15) is 0 Å². The number of anilines is 1. The molecule has 1 nitrogen and oxygen atoms in total. The van der Waals surface area contributed by atoms with Gasteiger partial charge in [0.25, 0.3) is 0 Å². The molecule has 0 N–H and O–H groups in total. The molecule has 0 aromatic heterocycles. The summed E-state index contributed by atoms with van der Waals surface area (Å²) in [7, 11) is 0. The van der Waals surface area contributed by atoms with Crippen molar-refractivity contribution in [2.45, 2.75) is 0 Å². The maximum atomic E-state index is 2.99. The van der Waals surface area contributed by atoms with Crippen molar-refractivity contribution in [3.63, 3.8) is 0 Å². The Morgan fingerprint density at radius 1 is 1.22 bits per heavy atom. The average molecular weight is 118 g/mol. The second-order valence-electron chi connectivity index (χ2n) is 2.25. The third-order valence-corrected chi connectivity index (χ3v) is 1.51. The van der Waals surface area contributed by atoms with Crippen molar-refractivity contribution in [3.8, 4) is 0 Å². The van der Waals surface area contributed by atoms with E-state index >= 15 is 0 Å². The monoisotopic (exact) mass is 118 g/mol. The summed E-state index contributed by atoms with van der Waals surface area (Å²) in [5.41, 5.74) is 1.33. The first kappa shape index (κ1) is 4.86. The lowest BCUT2D eigenvalue weighted by atomic mass is 10.3. The number of hydrogen-bond acceptors (Lipinski definition) is 1. The third-order valence-electron chi connectivity index (χ3n) is 1.51. The van der Waals surface area contributed by atoms with E-state index in [0.29, 0.717) is 0 Å². The molecule has 1 heteroatoms. The number of hydrogen-bond donors (Lipinski definition) is 0. The van der Waals surface area contributed by atoms with Crippen LogP contribution < -0.4 is 4.90 Å². The van der Waals surface area contributed by atoms with Crippen molar-refractivity contribution in [2.24, 2.45) is 0 Å². The van der Waals surface area contributed by atoms with Crippen molar-refractivity contribution < 1.29 is 0 Å². The first-order chi connectivity index (χ1) is 4.47. The Labute approximate surface area is 54.9 Å². The fourth-order valence-corrected chi connectivity index (χ4v) is 0.897. The maximum absolute atomic E-state index is 2.99. The molecule has 1 saturated heterocycles. The predicted octanol–water partition coefficient (Wildman–Crippen LogP) is 1.31. The van der Waals surface area contributed by atoms with E-state index in [0.717, 1.165) is 0 Å². The van der Waals surface area contributed by atoms with E-state index in [1.54, 1.807) is 0 Å². The average Bonchev–Trinajstić information content (AvgIpc) is 2.71. The summed E-state index contributed by atoms with van der Waals surface area (Å²) < 4.78 is 0. The molecule has 0 unspecified atom stereocenters. The summed E-state index contributed by atoms with van der Waals surface area (Å²) in [6.07, 6.45) is 0. The smallest absolute Gasteiger partial charge is 0.0367 e. The van der Waals surface area contributed by atoms with Gasteiger partial charge in [0, 0.05) is 18.8 Å². The molecule has 0 bridgehead atoms. The standard InChI is InChI=1S/C8H8N/c1-2-4-8(5-3-1)9-6-7-9/h2-5H,6-7H2. The van der Waals surface area contributed by atoms with Crippen molar-refractivity contribution >= 4 is 5.69 Å². The summed E-state index contributed by atoms with van der Waals surface area (Å²) in [6.45, 7) is 2.45.